The number of fused-ring (bicyclic) bond motifs is 1. The Morgan fingerprint density at radius 2 is 1.74 bits per heavy atom. The molecule has 0 aliphatic rings. The largest absolute Gasteiger partial charge is 0.490 e. The number of halogens is 2. The zero-order valence-electron chi connectivity index (χ0n) is 18.9. The fourth-order valence-corrected chi connectivity index (χ4v) is 3.68. The Balaban J connectivity index is 1.69. The Morgan fingerprint density at radius 3 is 2.49 bits per heavy atom. The standard InChI is InChI=1S/C26H23F2N3O4/c1-2-34-22-14-18(12-13-21(22)35-26(27)28)25(33)31(15-17-8-4-3-5-9-17)16-23-29-20-11-7-6-10-19(20)24(32)30-23/h3-14,26H,2,15-16H2,1H3,(H,29,30,32). The molecule has 0 unspecified atom stereocenters. The number of nitrogens with one attached hydrogen (secondary N) is 1. The van der Waals surface area contributed by atoms with E-state index in [2.05, 4.69) is 14.7 Å². The van der Waals surface area contributed by atoms with Gasteiger partial charge in [0.1, 0.15) is 5.82 Å². The van der Waals surface area contributed by atoms with Crippen LogP contribution < -0.4 is 15.0 Å². The number of aromatic nitrogens is 2. The molecule has 0 radical (unpaired) electrons. The van der Waals surface area contributed by atoms with E-state index in [1.807, 2.05) is 30.3 Å². The maximum absolute atomic E-state index is 13.6. The average Bonchev–Trinajstić information content (AvgIpc) is 2.85. The summed E-state index contributed by atoms with van der Waals surface area (Å²) in [6, 6.07) is 20.3. The molecule has 1 N–H and O–H groups in total. The van der Waals surface area contributed by atoms with Gasteiger partial charge in [0.15, 0.2) is 11.5 Å². The van der Waals surface area contributed by atoms with Gasteiger partial charge in [0.2, 0.25) is 0 Å². The number of nitrogens with zero attached hydrogens (tertiary/aromatic N) is 2. The first-order valence-electron chi connectivity index (χ1n) is 11.0. The molecular weight excluding hydrogens is 456 g/mol. The number of amides is 1. The van der Waals surface area contributed by atoms with E-state index in [0.717, 1.165) is 5.56 Å². The predicted octanol–water partition coefficient (Wildman–Crippen LogP) is 4.77. The van der Waals surface area contributed by atoms with Crippen molar-refractivity contribution in [1.29, 1.82) is 0 Å². The highest BCUT2D eigenvalue weighted by Gasteiger charge is 2.21. The van der Waals surface area contributed by atoms with E-state index in [4.69, 9.17) is 4.74 Å². The van der Waals surface area contributed by atoms with Crippen LogP contribution >= 0.6 is 0 Å². The third-order valence-corrected chi connectivity index (χ3v) is 5.21. The van der Waals surface area contributed by atoms with Gasteiger partial charge in [-0.2, -0.15) is 8.78 Å². The van der Waals surface area contributed by atoms with E-state index < -0.39 is 12.5 Å². The molecule has 0 saturated heterocycles. The molecule has 9 heteroatoms. The van der Waals surface area contributed by atoms with Crippen LogP contribution in [0.2, 0.25) is 0 Å². The van der Waals surface area contributed by atoms with Crippen molar-refractivity contribution in [3.05, 3.63) is 100 Å². The van der Waals surface area contributed by atoms with Crippen LogP contribution in [0.4, 0.5) is 8.78 Å². The van der Waals surface area contributed by atoms with Crippen molar-refractivity contribution in [1.82, 2.24) is 14.9 Å². The lowest BCUT2D eigenvalue weighted by molar-refractivity contribution is -0.0514. The summed E-state index contributed by atoms with van der Waals surface area (Å²) < 4.78 is 35.5. The fraction of sp³-hybridized carbons (Fsp3) is 0.192. The quantitative estimate of drug-likeness (QED) is 0.374. The first-order valence-corrected chi connectivity index (χ1v) is 11.0. The van der Waals surface area contributed by atoms with Crippen molar-refractivity contribution >= 4 is 16.8 Å². The first-order chi connectivity index (χ1) is 16.9. The normalized spacial score (nSPS) is 11.0. The Morgan fingerprint density at radius 1 is 1.00 bits per heavy atom. The summed E-state index contributed by atoms with van der Waals surface area (Å²) in [4.78, 5) is 34.9. The van der Waals surface area contributed by atoms with Crippen LogP contribution in [-0.4, -0.2) is 34.0 Å². The van der Waals surface area contributed by atoms with Crippen LogP contribution in [0.5, 0.6) is 11.5 Å². The Bertz CT molecular complexity index is 1380. The number of benzene rings is 3. The van der Waals surface area contributed by atoms with E-state index in [1.165, 1.54) is 23.1 Å². The second-order valence-corrected chi connectivity index (χ2v) is 7.65. The number of carbonyl (C=O) groups excluding carboxylic acids is 1. The highest BCUT2D eigenvalue weighted by molar-refractivity contribution is 5.95. The monoisotopic (exact) mass is 479 g/mol. The molecule has 0 spiro atoms. The van der Waals surface area contributed by atoms with E-state index in [0.29, 0.717) is 16.7 Å². The Hall–Kier alpha value is -4.27. The summed E-state index contributed by atoms with van der Waals surface area (Å²) >= 11 is 0. The number of ether oxygens (including phenoxy) is 2. The molecule has 1 amide bonds. The maximum Gasteiger partial charge on any atom is 0.387 e. The van der Waals surface area contributed by atoms with Crippen LogP contribution in [0.3, 0.4) is 0 Å². The van der Waals surface area contributed by atoms with Crippen molar-refractivity contribution in [2.24, 2.45) is 0 Å². The Labute approximate surface area is 199 Å². The van der Waals surface area contributed by atoms with Crippen molar-refractivity contribution < 1.29 is 23.0 Å². The fourth-order valence-electron chi connectivity index (χ4n) is 3.68. The number of alkyl halides is 2. The zero-order valence-corrected chi connectivity index (χ0v) is 18.9. The van der Waals surface area contributed by atoms with Crippen LogP contribution in [0.15, 0.2) is 77.6 Å². The van der Waals surface area contributed by atoms with Crippen molar-refractivity contribution in [2.45, 2.75) is 26.6 Å². The number of hydrogen-bond acceptors (Lipinski definition) is 5. The van der Waals surface area contributed by atoms with Gasteiger partial charge in [-0.3, -0.25) is 9.59 Å². The molecule has 3 aromatic carbocycles. The highest BCUT2D eigenvalue weighted by atomic mass is 19.3. The van der Waals surface area contributed by atoms with E-state index in [9.17, 15) is 18.4 Å². The van der Waals surface area contributed by atoms with Crippen LogP contribution in [-0.2, 0) is 13.1 Å². The third-order valence-electron chi connectivity index (χ3n) is 5.21. The predicted molar refractivity (Wildman–Crippen MR) is 127 cm³/mol. The van der Waals surface area contributed by atoms with Crippen molar-refractivity contribution in [3.8, 4) is 11.5 Å². The summed E-state index contributed by atoms with van der Waals surface area (Å²) in [6.45, 7) is -0.874. The van der Waals surface area contributed by atoms with Gasteiger partial charge < -0.3 is 19.4 Å². The number of aromatic amines is 1. The smallest absolute Gasteiger partial charge is 0.387 e. The van der Waals surface area contributed by atoms with Crippen molar-refractivity contribution in [3.63, 3.8) is 0 Å². The van der Waals surface area contributed by atoms with Crippen LogP contribution in [0.25, 0.3) is 10.9 Å². The van der Waals surface area contributed by atoms with Gasteiger partial charge in [-0.05, 0) is 42.8 Å². The van der Waals surface area contributed by atoms with E-state index in [1.54, 1.807) is 31.2 Å². The maximum atomic E-state index is 13.6. The second-order valence-electron chi connectivity index (χ2n) is 7.65. The van der Waals surface area contributed by atoms with E-state index >= 15 is 0 Å². The molecule has 1 heterocycles. The minimum absolute atomic E-state index is 0.0209. The SMILES string of the molecule is CCOc1cc(C(=O)N(Cc2ccccc2)Cc2nc3ccccc3c(=O)[nH]2)ccc1OC(F)F. The topological polar surface area (TPSA) is 84.5 Å². The first kappa shape index (κ1) is 23.9. The second kappa shape index (κ2) is 10.8. The third kappa shape index (κ3) is 5.81. The molecule has 4 aromatic rings. The van der Waals surface area contributed by atoms with E-state index in [-0.39, 0.29) is 42.3 Å². The zero-order chi connectivity index (χ0) is 24.8. The molecule has 180 valence electrons. The molecule has 4 rings (SSSR count). The minimum Gasteiger partial charge on any atom is -0.490 e. The molecule has 1 aromatic heterocycles. The van der Waals surface area contributed by atoms with Gasteiger partial charge >= 0.3 is 6.61 Å². The molecule has 0 aliphatic carbocycles. The van der Waals surface area contributed by atoms with Gasteiger partial charge in [-0.25, -0.2) is 4.98 Å². The molecule has 0 aliphatic heterocycles. The number of para-hydroxylation sites is 1. The lowest BCUT2D eigenvalue weighted by Gasteiger charge is -2.23. The molecule has 7 nitrogen and oxygen atoms in total. The molecule has 35 heavy (non-hydrogen) atoms. The summed E-state index contributed by atoms with van der Waals surface area (Å²) in [6.07, 6.45) is 0. The minimum atomic E-state index is -3.03. The van der Waals surface area contributed by atoms with Crippen molar-refractivity contribution in [2.75, 3.05) is 6.61 Å². The number of carbonyl (C=O) groups is 1. The molecule has 0 saturated carbocycles. The molecule has 0 fully saturated rings. The van der Waals surface area contributed by atoms with Crippen LogP contribution in [0.1, 0.15) is 28.7 Å². The van der Waals surface area contributed by atoms with Gasteiger partial charge in [0.05, 0.1) is 24.1 Å². The lowest BCUT2D eigenvalue weighted by Crippen LogP contribution is -2.31. The van der Waals surface area contributed by atoms with Gasteiger partial charge in [0, 0.05) is 12.1 Å². The molecule has 0 bridgehead atoms. The molecule has 0 atom stereocenters. The lowest BCUT2D eigenvalue weighted by atomic mass is 10.1. The summed E-state index contributed by atoms with van der Waals surface area (Å²) in [5, 5.41) is 0.452. The van der Waals surface area contributed by atoms with Gasteiger partial charge in [-0.1, -0.05) is 42.5 Å². The van der Waals surface area contributed by atoms with Gasteiger partial charge in [-0.15, -0.1) is 0 Å². The summed E-state index contributed by atoms with van der Waals surface area (Å²) in [7, 11) is 0. The Kier molecular flexibility index (Phi) is 7.35. The molecular formula is C26H23F2N3O4. The summed E-state index contributed by atoms with van der Waals surface area (Å²) in [5.74, 6) is -0.195. The number of H-pyrrole nitrogens is 1. The number of rotatable bonds is 9. The van der Waals surface area contributed by atoms with Gasteiger partial charge in [0.25, 0.3) is 11.5 Å². The average molecular weight is 479 g/mol. The highest BCUT2D eigenvalue weighted by Crippen LogP contribution is 2.30. The van der Waals surface area contributed by atoms with Crippen LogP contribution in [0, 0.1) is 0 Å². The number of hydrogen-bond donors (Lipinski definition) is 1. The summed E-state index contributed by atoms with van der Waals surface area (Å²) in [5.41, 5.74) is 1.30.